The molecule has 0 bridgehead atoms. The molecule has 2 aromatic carbocycles. The third-order valence-corrected chi connectivity index (χ3v) is 6.86. The highest BCUT2D eigenvalue weighted by molar-refractivity contribution is 7.92. The summed E-state index contributed by atoms with van der Waals surface area (Å²) in [6.45, 7) is 5.85. The van der Waals surface area contributed by atoms with E-state index in [-0.39, 0.29) is 24.4 Å². The summed E-state index contributed by atoms with van der Waals surface area (Å²) in [5.74, 6) is -0.893. The van der Waals surface area contributed by atoms with Gasteiger partial charge in [0.15, 0.2) is 0 Å². The fraction of sp³-hybridized carbons (Fsp3) is 0.269. The Hall–Kier alpha value is -3.72. The molecule has 2 N–H and O–H groups in total. The lowest BCUT2D eigenvalue weighted by Gasteiger charge is -2.30. The van der Waals surface area contributed by atoms with Crippen LogP contribution in [-0.4, -0.2) is 37.5 Å². The number of amides is 2. The second kappa shape index (κ2) is 11.1. The summed E-state index contributed by atoms with van der Waals surface area (Å²) in [7, 11) is -3.77. The Morgan fingerprint density at radius 2 is 1.77 bits per heavy atom. The van der Waals surface area contributed by atoms with E-state index in [1.807, 2.05) is 26.0 Å². The van der Waals surface area contributed by atoms with Crippen molar-refractivity contribution in [2.24, 2.45) is 0 Å². The molecule has 35 heavy (non-hydrogen) atoms. The first-order valence-corrected chi connectivity index (χ1v) is 13.1. The first-order chi connectivity index (χ1) is 16.6. The first-order valence-electron chi connectivity index (χ1n) is 11.3. The Bertz CT molecular complexity index is 1310. The molecular formula is C26H30N4O4S. The van der Waals surface area contributed by atoms with E-state index in [0.29, 0.717) is 11.4 Å². The van der Waals surface area contributed by atoms with Crippen molar-refractivity contribution in [3.63, 3.8) is 0 Å². The Balaban J connectivity index is 1.85. The van der Waals surface area contributed by atoms with Crippen LogP contribution >= 0.6 is 0 Å². The summed E-state index contributed by atoms with van der Waals surface area (Å²) >= 11 is 0. The molecule has 3 aromatic rings. The highest BCUT2D eigenvalue weighted by Crippen LogP contribution is 2.26. The molecule has 9 heteroatoms. The quantitative estimate of drug-likeness (QED) is 0.470. The van der Waals surface area contributed by atoms with Gasteiger partial charge in [0.2, 0.25) is 15.9 Å². The smallest absolute Gasteiger partial charge is 0.253 e. The lowest BCUT2D eigenvalue weighted by Crippen LogP contribution is -2.47. The van der Waals surface area contributed by atoms with E-state index in [0.717, 1.165) is 27.3 Å². The Labute approximate surface area is 206 Å². The van der Waals surface area contributed by atoms with Crippen LogP contribution in [0.25, 0.3) is 0 Å². The SMILES string of the molecule is CCC(C(=O)Nc1ccccc1C(=O)NCc1cccnc1)N(c1ccc(C)c(C)c1)S(C)(=O)=O. The van der Waals surface area contributed by atoms with E-state index in [1.165, 1.54) is 0 Å². The number of nitrogens with one attached hydrogen (secondary N) is 2. The third kappa shape index (κ3) is 6.45. The second-order valence-electron chi connectivity index (χ2n) is 8.33. The van der Waals surface area contributed by atoms with E-state index in [4.69, 9.17) is 0 Å². The molecule has 0 radical (unpaired) electrons. The standard InChI is InChI=1S/C26H30N4O4S/c1-5-24(30(35(4,33)34)21-13-12-18(2)19(3)15-21)26(32)29-23-11-7-6-10-22(23)25(31)28-17-20-9-8-14-27-16-20/h6-16,24H,5,17H2,1-4H3,(H,28,31)(H,29,32). The van der Waals surface area contributed by atoms with Crippen LogP contribution in [0.5, 0.6) is 0 Å². The van der Waals surface area contributed by atoms with Crippen LogP contribution in [0.3, 0.4) is 0 Å². The van der Waals surface area contributed by atoms with Gasteiger partial charge in [-0.25, -0.2) is 8.42 Å². The van der Waals surface area contributed by atoms with Gasteiger partial charge < -0.3 is 10.6 Å². The van der Waals surface area contributed by atoms with Crippen molar-refractivity contribution in [1.82, 2.24) is 10.3 Å². The molecule has 0 aliphatic rings. The number of hydrogen-bond donors (Lipinski definition) is 2. The van der Waals surface area contributed by atoms with Gasteiger partial charge in [-0.1, -0.05) is 31.2 Å². The lowest BCUT2D eigenvalue weighted by molar-refractivity contribution is -0.117. The van der Waals surface area contributed by atoms with Crippen molar-refractivity contribution >= 4 is 33.2 Å². The fourth-order valence-corrected chi connectivity index (χ4v) is 4.91. The van der Waals surface area contributed by atoms with E-state index in [1.54, 1.807) is 61.8 Å². The number of para-hydroxylation sites is 1. The van der Waals surface area contributed by atoms with Crippen LogP contribution in [0.1, 0.15) is 40.4 Å². The average molecular weight is 495 g/mol. The molecule has 0 aliphatic carbocycles. The number of nitrogens with zero attached hydrogens (tertiary/aromatic N) is 2. The molecule has 3 rings (SSSR count). The molecule has 0 saturated heterocycles. The minimum absolute atomic E-state index is 0.237. The number of carbonyl (C=O) groups excluding carboxylic acids is 2. The summed E-state index contributed by atoms with van der Waals surface area (Å²) < 4.78 is 26.7. The predicted octanol–water partition coefficient (Wildman–Crippen LogP) is 3.81. The molecule has 8 nitrogen and oxygen atoms in total. The average Bonchev–Trinajstić information content (AvgIpc) is 2.83. The predicted molar refractivity (Wildman–Crippen MR) is 138 cm³/mol. The Kier molecular flexibility index (Phi) is 8.24. The molecule has 0 saturated carbocycles. The number of rotatable bonds is 9. The number of aromatic nitrogens is 1. The number of sulfonamides is 1. The van der Waals surface area contributed by atoms with E-state index in [2.05, 4.69) is 15.6 Å². The number of aryl methyl sites for hydroxylation is 2. The Morgan fingerprint density at radius 1 is 1.03 bits per heavy atom. The van der Waals surface area contributed by atoms with Gasteiger partial charge in [0.05, 0.1) is 23.2 Å². The summed E-state index contributed by atoms with van der Waals surface area (Å²) in [4.78, 5) is 30.2. The molecule has 184 valence electrons. The van der Waals surface area contributed by atoms with Crippen LogP contribution < -0.4 is 14.9 Å². The monoisotopic (exact) mass is 494 g/mol. The van der Waals surface area contributed by atoms with Crippen molar-refractivity contribution in [1.29, 1.82) is 0 Å². The number of anilines is 2. The molecule has 1 atom stereocenters. The largest absolute Gasteiger partial charge is 0.348 e. The summed E-state index contributed by atoms with van der Waals surface area (Å²) in [5.41, 5.74) is 3.77. The first kappa shape index (κ1) is 25.9. The maximum Gasteiger partial charge on any atom is 0.253 e. The van der Waals surface area contributed by atoms with E-state index < -0.39 is 22.0 Å². The van der Waals surface area contributed by atoms with Crippen LogP contribution in [-0.2, 0) is 21.4 Å². The van der Waals surface area contributed by atoms with Crippen LogP contribution in [0.2, 0.25) is 0 Å². The normalized spacial score (nSPS) is 12.0. The van der Waals surface area contributed by atoms with Crippen molar-refractivity contribution in [3.8, 4) is 0 Å². The molecule has 1 aromatic heterocycles. The molecule has 0 aliphatic heterocycles. The van der Waals surface area contributed by atoms with Gasteiger partial charge in [-0.3, -0.25) is 18.9 Å². The van der Waals surface area contributed by atoms with Gasteiger partial charge >= 0.3 is 0 Å². The van der Waals surface area contributed by atoms with E-state index in [9.17, 15) is 18.0 Å². The molecule has 2 amide bonds. The maximum absolute atomic E-state index is 13.4. The number of carbonyl (C=O) groups is 2. The lowest BCUT2D eigenvalue weighted by atomic mass is 10.1. The molecular weight excluding hydrogens is 464 g/mol. The zero-order valence-corrected chi connectivity index (χ0v) is 21.1. The zero-order valence-electron chi connectivity index (χ0n) is 20.3. The van der Waals surface area contributed by atoms with Gasteiger partial charge in [-0.05, 0) is 67.3 Å². The molecule has 0 fully saturated rings. The van der Waals surface area contributed by atoms with Crippen LogP contribution in [0.15, 0.2) is 67.0 Å². The minimum atomic E-state index is -3.77. The van der Waals surface area contributed by atoms with Gasteiger partial charge in [-0.15, -0.1) is 0 Å². The topological polar surface area (TPSA) is 108 Å². The number of pyridine rings is 1. The van der Waals surface area contributed by atoms with Gasteiger partial charge in [-0.2, -0.15) is 0 Å². The van der Waals surface area contributed by atoms with Crippen molar-refractivity contribution in [3.05, 3.63) is 89.2 Å². The molecule has 1 heterocycles. The molecule has 0 spiro atoms. The van der Waals surface area contributed by atoms with Crippen molar-refractivity contribution < 1.29 is 18.0 Å². The highest BCUT2D eigenvalue weighted by atomic mass is 32.2. The Morgan fingerprint density at radius 3 is 2.40 bits per heavy atom. The van der Waals surface area contributed by atoms with Crippen LogP contribution in [0.4, 0.5) is 11.4 Å². The maximum atomic E-state index is 13.4. The summed E-state index contributed by atoms with van der Waals surface area (Å²) in [6.07, 6.45) is 4.63. The number of benzene rings is 2. The zero-order chi connectivity index (χ0) is 25.6. The summed E-state index contributed by atoms with van der Waals surface area (Å²) in [6, 6.07) is 14.5. The number of hydrogen-bond acceptors (Lipinski definition) is 5. The fourth-order valence-electron chi connectivity index (χ4n) is 3.71. The second-order valence-corrected chi connectivity index (χ2v) is 10.2. The minimum Gasteiger partial charge on any atom is -0.348 e. The highest BCUT2D eigenvalue weighted by Gasteiger charge is 2.32. The van der Waals surface area contributed by atoms with Crippen LogP contribution in [0, 0.1) is 13.8 Å². The van der Waals surface area contributed by atoms with Gasteiger partial charge in [0.25, 0.3) is 5.91 Å². The van der Waals surface area contributed by atoms with Crippen molar-refractivity contribution in [2.45, 2.75) is 39.8 Å². The van der Waals surface area contributed by atoms with Gasteiger partial charge in [0.1, 0.15) is 6.04 Å². The molecule has 1 unspecified atom stereocenters. The third-order valence-electron chi connectivity index (χ3n) is 5.68. The van der Waals surface area contributed by atoms with Crippen molar-refractivity contribution in [2.75, 3.05) is 15.9 Å². The van der Waals surface area contributed by atoms with Gasteiger partial charge in [0, 0.05) is 18.9 Å². The summed E-state index contributed by atoms with van der Waals surface area (Å²) in [5, 5.41) is 5.59. The van der Waals surface area contributed by atoms with E-state index >= 15 is 0 Å².